The van der Waals surface area contributed by atoms with Gasteiger partial charge in [0.15, 0.2) is 0 Å². The predicted octanol–water partition coefficient (Wildman–Crippen LogP) is 4.80. The Balaban J connectivity index is 1.56. The second-order valence-electron chi connectivity index (χ2n) is 9.13. The van der Waals surface area contributed by atoms with Crippen LogP contribution in [-0.4, -0.2) is 11.7 Å². The highest BCUT2D eigenvalue weighted by Crippen LogP contribution is 2.69. The van der Waals surface area contributed by atoms with Crippen LogP contribution < -0.4 is 0 Å². The fourth-order valence-electron chi connectivity index (χ4n) is 6.00. The van der Waals surface area contributed by atoms with Crippen molar-refractivity contribution in [2.24, 2.45) is 28.6 Å². The zero-order valence-corrected chi connectivity index (χ0v) is 13.2. The molecule has 0 N–H and O–H groups in total. The topological polar surface area (TPSA) is 12.5 Å². The highest BCUT2D eigenvalue weighted by Gasteiger charge is 2.65. The maximum absolute atomic E-state index is 6.13. The number of epoxide rings is 1. The van der Waals surface area contributed by atoms with E-state index in [9.17, 15) is 0 Å². The summed E-state index contributed by atoms with van der Waals surface area (Å²) in [6.45, 7) is 10.0. The van der Waals surface area contributed by atoms with Crippen LogP contribution in [0.4, 0.5) is 0 Å². The normalized spacial score (nSPS) is 56.2. The molecule has 0 bridgehead atoms. The van der Waals surface area contributed by atoms with E-state index < -0.39 is 0 Å². The molecule has 6 atom stereocenters. The average Bonchev–Trinajstić information content (AvgIpc) is 3.19. The van der Waals surface area contributed by atoms with E-state index in [1.54, 1.807) is 0 Å². The summed E-state index contributed by atoms with van der Waals surface area (Å²) in [7, 11) is 0. The van der Waals surface area contributed by atoms with Gasteiger partial charge in [0, 0.05) is 0 Å². The van der Waals surface area contributed by atoms with Crippen molar-refractivity contribution in [2.75, 3.05) is 0 Å². The fraction of sp³-hybridized carbons (Fsp3) is 1.00. The number of rotatable bonds is 2. The Morgan fingerprint density at radius 3 is 2.47 bits per heavy atom. The first kappa shape index (κ1) is 12.7. The molecule has 3 aliphatic carbocycles. The van der Waals surface area contributed by atoms with Crippen molar-refractivity contribution in [3.8, 4) is 0 Å². The van der Waals surface area contributed by atoms with E-state index in [2.05, 4.69) is 27.7 Å². The minimum Gasteiger partial charge on any atom is -0.366 e. The minimum absolute atomic E-state index is 0.266. The summed E-state index contributed by atoms with van der Waals surface area (Å²) in [5.41, 5.74) is 1.48. The maximum atomic E-state index is 6.13. The molecular weight excluding hydrogens is 232 g/mol. The van der Waals surface area contributed by atoms with E-state index in [4.69, 9.17) is 4.74 Å². The monoisotopic (exact) mass is 262 g/mol. The van der Waals surface area contributed by atoms with Gasteiger partial charge in [-0.25, -0.2) is 0 Å². The van der Waals surface area contributed by atoms with Crippen LogP contribution >= 0.6 is 0 Å². The zero-order valence-electron chi connectivity index (χ0n) is 13.2. The number of ether oxygens (including phenoxy) is 1. The third kappa shape index (κ3) is 1.69. The second kappa shape index (κ2) is 3.59. The van der Waals surface area contributed by atoms with Gasteiger partial charge in [0.25, 0.3) is 0 Å². The molecule has 1 heterocycles. The van der Waals surface area contributed by atoms with E-state index in [0.717, 1.165) is 23.2 Å². The maximum Gasteiger partial charge on any atom is 0.0923 e. The first-order valence-corrected chi connectivity index (χ1v) is 8.55. The molecule has 3 saturated carbocycles. The van der Waals surface area contributed by atoms with E-state index in [0.29, 0.717) is 11.5 Å². The molecule has 1 saturated heterocycles. The highest BCUT2D eigenvalue weighted by molar-refractivity contribution is 5.14. The quantitative estimate of drug-likeness (QED) is 0.651. The number of fused-ring (bicyclic) bond motifs is 2. The van der Waals surface area contributed by atoms with Gasteiger partial charge in [-0.1, -0.05) is 33.6 Å². The third-order valence-corrected chi connectivity index (χ3v) is 7.58. The van der Waals surface area contributed by atoms with E-state index in [-0.39, 0.29) is 5.60 Å². The van der Waals surface area contributed by atoms with Crippen LogP contribution in [0.2, 0.25) is 0 Å². The predicted molar refractivity (Wildman–Crippen MR) is 78.0 cm³/mol. The standard InChI is InChI=1S/C18H30O/c1-16(2,12-7-5-9-17(3)11-14(12)17)13-8-6-10-18(4)15(13)19-18/h12-15H,5-11H2,1-4H3. The summed E-state index contributed by atoms with van der Waals surface area (Å²) in [6, 6.07) is 0. The Morgan fingerprint density at radius 2 is 1.68 bits per heavy atom. The van der Waals surface area contributed by atoms with Gasteiger partial charge in [0.1, 0.15) is 0 Å². The van der Waals surface area contributed by atoms with Crippen LogP contribution in [0.5, 0.6) is 0 Å². The van der Waals surface area contributed by atoms with Crippen LogP contribution in [0.15, 0.2) is 0 Å². The second-order valence-corrected chi connectivity index (χ2v) is 9.13. The van der Waals surface area contributed by atoms with Crippen LogP contribution in [0.25, 0.3) is 0 Å². The molecule has 1 nitrogen and oxygen atoms in total. The molecular formula is C18H30O. The molecule has 108 valence electrons. The van der Waals surface area contributed by atoms with Gasteiger partial charge in [0.2, 0.25) is 0 Å². The Bertz CT molecular complexity index is 364. The lowest BCUT2D eigenvalue weighted by atomic mass is 9.58. The summed E-state index contributed by atoms with van der Waals surface area (Å²) < 4.78 is 6.13. The van der Waals surface area contributed by atoms with Crippen molar-refractivity contribution in [3.05, 3.63) is 0 Å². The molecule has 1 aliphatic heterocycles. The van der Waals surface area contributed by atoms with Crippen molar-refractivity contribution in [1.82, 2.24) is 0 Å². The molecule has 0 aromatic heterocycles. The Labute approximate surface area is 118 Å². The molecule has 0 aromatic carbocycles. The molecule has 0 spiro atoms. The van der Waals surface area contributed by atoms with E-state index in [1.807, 2.05) is 0 Å². The summed E-state index contributed by atoms with van der Waals surface area (Å²) in [5, 5.41) is 0. The fourth-order valence-corrected chi connectivity index (χ4v) is 6.00. The molecule has 19 heavy (non-hydrogen) atoms. The summed E-state index contributed by atoms with van der Waals surface area (Å²) in [4.78, 5) is 0. The van der Waals surface area contributed by atoms with Crippen molar-refractivity contribution in [2.45, 2.75) is 84.3 Å². The molecule has 0 amide bonds. The molecule has 4 aliphatic rings. The summed E-state index contributed by atoms with van der Waals surface area (Å²) in [6.07, 6.45) is 10.6. The van der Waals surface area contributed by atoms with Gasteiger partial charge >= 0.3 is 0 Å². The first-order valence-electron chi connectivity index (χ1n) is 8.55. The zero-order chi connectivity index (χ0) is 13.5. The molecule has 0 aromatic rings. The molecule has 4 rings (SSSR count). The number of hydrogen-bond donors (Lipinski definition) is 0. The average molecular weight is 262 g/mol. The van der Waals surface area contributed by atoms with Crippen LogP contribution in [0.3, 0.4) is 0 Å². The highest BCUT2D eigenvalue weighted by atomic mass is 16.6. The Kier molecular flexibility index (Phi) is 2.39. The lowest BCUT2D eigenvalue weighted by molar-refractivity contribution is 0.0358. The lowest BCUT2D eigenvalue weighted by Crippen LogP contribution is -2.42. The van der Waals surface area contributed by atoms with Gasteiger partial charge < -0.3 is 4.74 Å². The van der Waals surface area contributed by atoms with Crippen LogP contribution in [0.1, 0.15) is 72.6 Å². The van der Waals surface area contributed by atoms with Crippen LogP contribution in [-0.2, 0) is 4.74 Å². The van der Waals surface area contributed by atoms with Gasteiger partial charge in [-0.05, 0) is 67.6 Å². The third-order valence-electron chi connectivity index (χ3n) is 7.58. The van der Waals surface area contributed by atoms with Crippen molar-refractivity contribution in [1.29, 1.82) is 0 Å². The lowest BCUT2D eigenvalue weighted by Gasteiger charge is -2.45. The van der Waals surface area contributed by atoms with E-state index >= 15 is 0 Å². The SMILES string of the molecule is CC12CCCC(C(C)(C)C3CCCC4(C)OC34)C1C2. The Hall–Kier alpha value is -0.0400. The number of hydrogen-bond acceptors (Lipinski definition) is 1. The Morgan fingerprint density at radius 1 is 1.00 bits per heavy atom. The molecule has 4 fully saturated rings. The van der Waals surface area contributed by atoms with Gasteiger partial charge in [-0.3, -0.25) is 0 Å². The molecule has 0 radical (unpaired) electrons. The van der Waals surface area contributed by atoms with Crippen molar-refractivity contribution < 1.29 is 4.74 Å². The van der Waals surface area contributed by atoms with Gasteiger partial charge in [0.05, 0.1) is 11.7 Å². The molecule has 1 heteroatoms. The summed E-state index contributed by atoms with van der Waals surface area (Å²) >= 11 is 0. The first-order chi connectivity index (χ1) is 8.87. The van der Waals surface area contributed by atoms with Gasteiger partial charge in [-0.2, -0.15) is 0 Å². The van der Waals surface area contributed by atoms with Crippen LogP contribution in [0, 0.1) is 28.6 Å². The van der Waals surface area contributed by atoms with E-state index in [1.165, 1.54) is 44.9 Å². The summed E-state index contributed by atoms with van der Waals surface area (Å²) in [5.74, 6) is 2.81. The largest absolute Gasteiger partial charge is 0.366 e. The van der Waals surface area contributed by atoms with Crippen molar-refractivity contribution in [3.63, 3.8) is 0 Å². The van der Waals surface area contributed by atoms with Gasteiger partial charge in [-0.15, -0.1) is 0 Å². The van der Waals surface area contributed by atoms with Crippen molar-refractivity contribution >= 4 is 0 Å². The minimum atomic E-state index is 0.266. The molecule has 6 unspecified atom stereocenters. The smallest absolute Gasteiger partial charge is 0.0923 e.